The summed E-state index contributed by atoms with van der Waals surface area (Å²) in [5, 5.41) is 34.3. The lowest BCUT2D eigenvalue weighted by Crippen LogP contribution is -2.45. The van der Waals surface area contributed by atoms with E-state index < -0.39 is 24.7 Å². The fraction of sp³-hybridized carbons (Fsp3) is 0.875. The smallest absolute Gasteiger partial charge is 0.300 e. The van der Waals surface area contributed by atoms with Crippen molar-refractivity contribution in [3.63, 3.8) is 0 Å². The zero-order chi connectivity index (χ0) is 11.9. The molecule has 0 radical (unpaired) electrons. The second-order valence-corrected chi connectivity index (χ2v) is 2.86. The molecule has 3 unspecified atom stereocenters. The van der Waals surface area contributed by atoms with Crippen LogP contribution in [0.5, 0.6) is 0 Å². The second kappa shape index (κ2) is 7.69. The van der Waals surface area contributed by atoms with Gasteiger partial charge in [-0.15, -0.1) is 0 Å². The van der Waals surface area contributed by atoms with Crippen molar-refractivity contribution in [3.8, 4) is 0 Å². The highest BCUT2D eigenvalue weighted by Gasteiger charge is 2.20. The van der Waals surface area contributed by atoms with Gasteiger partial charge in [0, 0.05) is 6.92 Å². The van der Waals surface area contributed by atoms with Gasteiger partial charge in [0.2, 0.25) is 0 Å². The van der Waals surface area contributed by atoms with Gasteiger partial charge in [0.15, 0.2) is 0 Å². The number of aliphatic hydroxyl groups is 3. The van der Waals surface area contributed by atoms with Gasteiger partial charge in [0.05, 0.1) is 0 Å². The average molecular weight is 209 g/mol. The van der Waals surface area contributed by atoms with Gasteiger partial charge in [-0.25, -0.2) is 4.90 Å². The molecule has 6 heteroatoms. The molecule has 4 N–H and O–H groups in total. The van der Waals surface area contributed by atoms with Gasteiger partial charge in [-0.2, -0.15) is 0 Å². The van der Waals surface area contributed by atoms with Gasteiger partial charge in [0.1, 0.15) is 18.7 Å². The van der Waals surface area contributed by atoms with Crippen LogP contribution in [0.2, 0.25) is 0 Å². The minimum Gasteiger partial charge on any atom is -0.481 e. The Kier molecular flexibility index (Phi) is 8.66. The first-order chi connectivity index (χ1) is 6.20. The molecule has 0 saturated carbocycles. The van der Waals surface area contributed by atoms with Crippen LogP contribution in [0, 0.1) is 0 Å². The van der Waals surface area contributed by atoms with Gasteiger partial charge in [-0.1, -0.05) is 0 Å². The summed E-state index contributed by atoms with van der Waals surface area (Å²) >= 11 is 0. The quantitative estimate of drug-likeness (QED) is 0.463. The van der Waals surface area contributed by atoms with Crippen molar-refractivity contribution in [2.24, 2.45) is 0 Å². The molecule has 0 spiro atoms. The minimum atomic E-state index is -0.833. The van der Waals surface area contributed by atoms with E-state index in [9.17, 15) is 0 Å². The van der Waals surface area contributed by atoms with Crippen molar-refractivity contribution in [2.45, 2.75) is 46.4 Å². The Balaban J connectivity index is 0. The van der Waals surface area contributed by atoms with E-state index in [1.807, 2.05) is 0 Å². The summed E-state index contributed by atoms with van der Waals surface area (Å²) in [5.41, 5.74) is 0. The number of aliphatic carboxylic acids is 1. The first-order valence-electron chi connectivity index (χ1n) is 4.21. The molecule has 0 rings (SSSR count). The van der Waals surface area contributed by atoms with E-state index in [0.717, 1.165) is 6.92 Å². The van der Waals surface area contributed by atoms with E-state index in [4.69, 9.17) is 25.2 Å². The summed E-state index contributed by atoms with van der Waals surface area (Å²) < 4.78 is 0. The number of hydrogen-bond acceptors (Lipinski definition) is 5. The summed E-state index contributed by atoms with van der Waals surface area (Å²) in [6.45, 7) is 5.54. The van der Waals surface area contributed by atoms with E-state index in [0.29, 0.717) is 0 Å². The number of carbonyl (C=O) groups is 1. The highest BCUT2D eigenvalue weighted by atomic mass is 16.4. The fourth-order valence-electron chi connectivity index (χ4n) is 0.937. The van der Waals surface area contributed by atoms with Crippen LogP contribution in [0.4, 0.5) is 0 Å². The number of nitrogens with zero attached hydrogens (tertiary/aromatic N) is 1. The highest BCUT2D eigenvalue weighted by Crippen LogP contribution is 2.04. The Morgan fingerprint density at radius 1 is 1.00 bits per heavy atom. The SMILES string of the molecule is CC(=O)O.CC(O)N(C(C)O)C(C)O. The molecule has 0 fully saturated rings. The third-order valence-electron chi connectivity index (χ3n) is 1.29. The van der Waals surface area contributed by atoms with Crippen LogP contribution in [0.15, 0.2) is 0 Å². The molecule has 0 aromatic rings. The van der Waals surface area contributed by atoms with Gasteiger partial charge in [0.25, 0.3) is 5.97 Å². The number of carboxylic acids is 1. The average Bonchev–Trinajstić information content (AvgIpc) is 1.80. The zero-order valence-electron chi connectivity index (χ0n) is 8.88. The van der Waals surface area contributed by atoms with Crippen LogP contribution >= 0.6 is 0 Å². The Bertz CT molecular complexity index is 135. The molecule has 0 saturated heterocycles. The third-order valence-corrected chi connectivity index (χ3v) is 1.29. The van der Waals surface area contributed by atoms with Crippen molar-refractivity contribution < 1.29 is 25.2 Å². The zero-order valence-corrected chi connectivity index (χ0v) is 8.88. The van der Waals surface area contributed by atoms with E-state index in [-0.39, 0.29) is 0 Å². The normalized spacial score (nSPS) is 16.6. The van der Waals surface area contributed by atoms with E-state index in [1.54, 1.807) is 0 Å². The minimum absolute atomic E-state index is 0.833. The van der Waals surface area contributed by atoms with Crippen molar-refractivity contribution in [2.75, 3.05) is 0 Å². The topological polar surface area (TPSA) is 101 Å². The van der Waals surface area contributed by atoms with Crippen LogP contribution < -0.4 is 0 Å². The molecule has 0 aromatic heterocycles. The van der Waals surface area contributed by atoms with Crippen LogP contribution in [0.25, 0.3) is 0 Å². The Morgan fingerprint density at radius 3 is 1.14 bits per heavy atom. The molecule has 14 heavy (non-hydrogen) atoms. The van der Waals surface area contributed by atoms with Crippen molar-refractivity contribution in [1.29, 1.82) is 0 Å². The molecule has 0 aromatic carbocycles. The summed E-state index contributed by atoms with van der Waals surface area (Å²) in [7, 11) is 0. The first-order valence-corrected chi connectivity index (χ1v) is 4.21. The number of rotatable bonds is 3. The maximum atomic E-state index is 9.00. The maximum absolute atomic E-state index is 9.00. The van der Waals surface area contributed by atoms with Crippen molar-refractivity contribution >= 4 is 5.97 Å². The maximum Gasteiger partial charge on any atom is 0.300 e. The Morgan fingerprint density at radius 2 is 1.14 bits per heavy atom. The molecular weight excluding hydrogens is 190 g/mol. The molecular formula is C8H19NO5. The molecule has 6 nitrogen and oxygen atoms in total. The summed E-state index contributed by atoms with van der Waals surface area (Å²) in [6.07, 6.45) is -2.50. The summed E-state index contributed by atoms with van der Waals surface area (Å²) in [5.74, 6) is -0.833. The van der Waals surface area contributed by atoms with Gasteiger partial charge in [-0.3, -0.25) is 4.79 Å². The number of carboxylic acid groups (broad SMARTS) is 1. The van der Waals surface area contributed by atoms with Crippen LogP contribution in [0.3, 0.4) is 0 Å². The standard InChI is InChI=1S/C6H15NO3.C2H4O2/c1-4(8)7(5(2)9)6(3)10;1-2(3)4/h4-6,8-10H,1-3H3;1H3,(H,3,4). The second-order valence-electron chi connectivity index (χ2n) is 2.86. The third kappa shape index (κ3) is 9.40. The lowest BCUT2D eigenvalue weighted by Gasteiger charge is -2.30. The number of aliphatic hydroxyl groups excluding tert-OH is 3. The molecule has 0 amide bonds. The molecule has 0 aliphatic heterocycles. The largest absolute Gasteiger partial charge is 0.481 e. The van der Waals surface area contributed by atoms with E-state index in [1.165, 1.54) is 25.7 Å². The molecule has 0 aliphatic carbocycles. The Labute approximate surface area is 83.4 Å². The lowest BCUT2D eigenvalue weighted by molar-refractivity contribution is -0.159. The van der Waals surface area contributed by atoms with E-state index >= 15 is 0 Å². The van der Waals surface area contributed by atoms with E-state index in [2.05, 4.69) is 0 Å². The predicted octanol–water partition coefficient (Wildman–Crippen LogP) is -0.606. The monoisotopic (exact) mass is 209 g/mol. The summed E-state index contributed by atoms with van der Waals surface area (Å²) in [6, 6.07) is 0. The molecule has 86 valence electrons. The fourth-order valence-corrected chi connectivity index (χ4v) is 0.937. The van der Waals surface area contributed by atoms with Crippen molar-refractivity contribution in [3.05, 3.63) is 0 Å². The molecule has 0 aliphatic rings. The predicted molar refractivity (Wildman–Crippen MR) is 50.2 cm³/mol. The van der Waals surface area contributed by atoms with Gasteiger partial charge in [-0.05, 0) is 20.8 Å². The molecule has 0 bridgehead atoms. The Hall–Kier alpha value is -0.690. The van der Waals surface area contributed by atoms with Crippen molar-refractivity contribution in [1.82, 2.24) is 4.90 Å². The van der Waals surface area contributed by atoms with Gasteiger partial charge >= 0.3 is 0 Å². The summed E-state index contributed by atoms with van der Waals surface area (Å²) in [4.78, 5) is 10.2. The number of hydrogen-bond donors (Lipinski definition) is 4. The molecule has 3 atom stereocenters. The van der Waals surface area contributed by atoms with Crippen LogP contribution in [-0.2, 0) is 4.79 Å². The van der Waals surface area contributed by atoms with Crippen LogP contribution in [0.1, 0.15) is 27.7 Å². The lowest BCUT2D eigenvalue weighted by atomic mass is 10.4. The van der Waals surface area contributed by atoms with Gasteiger partial charge < -0.3 is 20.4 Å². The first kappa shape index (κ1) is 15.8. The van der Waals surface area contributed by atoms with Crippen LogP contribution in [-0.4, -0.2) is 50.0 Å². The highest BCUT2D eigenvalue weighted by molar-refractivity contribution is 5.62. The molecule has 0 heterocycles.